The maximum absolute atomic E-state index is 12.8. The Morgan fingerprint density at radius 2 is 2.00 bits per heavy atom. The predicted octanol–water partition coefficient (Wildman–Crippen LogP) is 5.36. The molecule has 0 bridgehead atoms. The van der Waals surface area contributed by atoms with Crippen molar-refractivity contribution in [1.82, 2.24) is 9.88 Å². The number of nitrogens with zero attached hydrogens (tertiary/aromatic N) is 2. The van der Waals surface area contributed by atoms with Crippen LogP contribution in [-0.4, -0.2) is 16.9 Å². The Kier molecular flexibility index (Phi) is 4.96. The summed E-state index contributed by atoms with van der Waals surface area (Å²) in [6.07, 6.45) is -4.33. The monoisotopic (exact) mass is 366 g/mol. The topological polar surface area (TPSA) is 29.3 Å². The lowest BCUT2D eigenvalue weighted by atomic mass is 10.1. The molecule has 0 unspecified atom stereocenters. The second-order valence-corrected chi connectivity index (χ2v) is 6.68. The van der Waals surface area contributed by atoms with E-state index in [9.17, 15) is 13.2 Å². The minimum absolute atomic E-state index is 0.393. The molecule has 0 fully saturated rings. The molecule has 3 rings (SSSR count). The van der Waals surface area contributed by atoms with E-state index in [1.54, 1.807) is 17.4 Å². The smallest absolute Gasteiger partial charge is 0.416 e. The molecule has 0 aliphatic rings. The van der Waals surface area contributed by atoms with Crippen molar-refractivity contribution in [3.05, 3.63) is 63.7 Å². The average molecular weight is 366 g/mol. The highest BCUT2D eigenvalue weighted by Crippen LogP contribution is 2.30. The van der Waals surface area contributed by atoms with Gasteiger partial charge >= 0.3 is 6.18 Å². The molecule has 2 aromatic heterocycles. The van der Waals surface area contributed by atoms with E-state index < -0.39 is 11.7 Å². The Morgan fingerprint density at radius 3 is 2.68 bits per heavy atom. The minimum atomic E-state index is -4.33. The molecular weight excluding hydrogens is 349 g/mol. The lowest BCUT2D eigenvalue weighted by Crippen LogP contribution is -2.18. The summed E-state index contributed by atoms with van der Waals surface area (Å²) in [6.45, 7) is 2.73. The summed E-state index contributed by atoms with van der Waals surface area (Å²) in [5.41, 5.74) is 1.70. The van der Waals surface area contributed by atoms with E-state index in [2.05, 4.69) is 4.98 Å². The first-order valence-electron chi connectivity index (χ1n) is 7.66. The summed E-state index contributed by atoms with van der Waals surface area (Å²) in [5, 5.41) is 3.91. The highest BCUT2D eigenvalue weighted by molar-refractivity contribution is 7.08. The number of thiophene rings is 1. The van der Waals surface area contributed by atoms with E-state index in [1.165, 1.54) is 12.1 Å². The molecule has 25 heavy (non-hydrogen) atoms. The number of aryl methyl sites for hydroxylation is 1. The number of halogens is 3. The number of hydrogen-bond donors (Lipinski definition) is 0. The summed E-state index contributed by atoms with van der Waals surface area (Å²) < 4.78 is 44.1. The molecule has 3 nitrogen and oxygen atoms in total. The maximum atomic E-state index is 12.8. The number of hydrogen-bond acceptors (Lipinski definition) is 4. The quantitative estimate of drug-likeness (QED) is 0.608. The first kappa shape index (κ1) is 17.7. The Morgan fingerprint density at radius 1 is 1.20 bits per heavy atom. The van der Waals surface area contributed by atoms with Gasteiger partial charge in [0.25, 0.3) is 0 Å². The molecule has 0 N–H and O–H groups in total. The van der Waals surface area contributed by atoms with Crippen molar-refractivity contribution in [2.24, 2.45) is 0 Å². The molecule has 0 spiro atoms. The van der Waals surface area contributed by atoms with Crippen molar-refractivity contribution in [2.45, 2.75) is 26.2 Å². The third-order valence-corrected chi connectivity index (χ3v) is 4.47. The Balaban J connectivity index is 1.70. The second kappa shape index (κ2) is 7.01. The number of benzene rings is 1. The molecule has 1 aromatic carbocycles. The molecule has 0 amide bonds. The second-order valence-electron chi connectivity index (χ2n) is 5.90. The summed E-state index contributed by atoms with van der Waals surface area (Å²) in [7, 11) is 1.85. The molecule has 0 radical (unpaired) electrons. The van der Waals surface area contributed by atoms with Crippen LogP contribution in [0, 0.1) is 6.92 Å². The van der Waals surface area contributed by atoms with E-state index in [0.29, 0.717) is 24.5 Å². The molecule has 3 aromatic rings. The standard InChI is InChI=1S/C18H17F3N2OS/c1-12-16(22-17(24-12)14-6-7-25-11-14)10-23(2)9-13-4-3-5-15(8-13)18(19,20)21/h3-8,11H,9-10H2,1-2H3. The van der Waals surface area contributed by atoms with Crippen molar-refractivity contribution >= 4 is 11.3 Å². The molecule has 0 saturated carbocycles. The van der Waals surface area contributed by atoms with Crippen LogP contribution < -0.4 is 0 Å². The van der Waals surface area contributed by atoms with Crippen molar-refractivity contribution < 1.29 is 17.6 Å². The van der Waals surface area contributed by atoms with E-state index in [1.807, 2.05) is 35.7 Å². The molecule has 132 valence electrons. The van der Waals surface area contributed by atoms with Crippen LogP contribution in [0.25, 0.3) is 11.5 Å². The molecule has 0 atom stereocenters. The van der Waals surface area contributed by atoms with Gasteiger partial charge in [-0.3, -0.25) is 4.90 Å². The van der Waals surface area contributed by atoms with Gasteiger partial charge in [-0.05, 0) is 37.0 Å². The van der Waals surface area contributed by atoms with Crippen LogP contribution in [0.5, 0.6) is 0 Å². The lowest BCUT2D eigenvalue weighted by molar-refractivity contribution is -0.137. The number of rotatable bonds is 5. The van der Waals surface area contributed by atoms with E-state index in [-0.39, 0.29) is 0 Å². The fourth-order valence-corrected chi connectivity index (χ4v) is 3.18. The SMILES string of the molecule is Cc1oc(-c2ccsc2)nc1CN(C)Cc1cccc(C(F)(F)F)c1. The molecule has 0 aliphatic heterocycles. The lowest BCUT2D eigenvalue weighted by Gasteiger charge is -2.16. The molecular formula is C18H17F3N2OS. The molecule has 0 saturated heterocycles. The first-order valence-corrected chi connectivity index (χ1v) is 8.61. The van der Waals surface area contributed by atoms with Gasteiger partial charge in [0.2, 0.25) is 5.89 Å². The zero-order valence-electron chi connectivity index (χ0n) is 13.8. The van der Waals surface area contributed by atoms with Gasteiger partial charge in [-0.25, -0.2) is 4.98 Å². The summed E-state index contributed by atoms with van der Waals surface area (Å²) in [5.74, 6) is 1.29. The van der Waals surface area contributed by atoms with Crippen LogP contribution in [-0.2, 0) is 19.3 Å². The summed E-state index contributed by atoms with van der Waals surface area (Å²) in [4.78, 5) is 6.42. The first-order chi connectivity index (χ1) is 11.8. The molecule has 0 aliphatic carbocycles. The Labute approximate surface area is 147 Å². The van der Waals surface area contributed by atoms with Crippen LogP contribution in [0.15, 0.2) is 45.5 Å². The third kappa shape index (κ3) is 4.29. The fourth-order valence-electron chi connectivity index (χ4n) is 2.55. The van der Waals surface area contributed by atoms with Gasteiger partial charge in [0.15, 0.2) is 0 Å². The van der Waals surface area contributed by atoms with Crippen molar-refractivity contribution in [3.63, 3.8) is 0 Å². The van der Waals surface area contributed by atoms with Gasteiger partial charge in [0.05, 0.1) is 11.3 Å². The van der Waals surface area contributed by atoms with Crippen LogP contribution >= 0.6 is 11.3 Å². The van der Waals surface area contributed by atoms with Crippen molar-refractivity contribution in [3.8, 4) is 11.5 Å². The van der Waals surface area contributed by atoms with E-state index in [0.717, 1.165) is 23.1 Å². The number of aromatic nitrogens is 1. The zero-order chi connectivity index (χ0) is 18.0. The summed E-state index contributed by atoms with van der Waals surface area (Å²) >= 11 is 1.57. The fraction of sp³-hybridized carbons (Fsp3) is 0.278. The van der Waals surface area contributed by atoms with Crippen LogP contribution in [0.3, 0.4) is 0 Å². The normalized spacial score (nSPS) is 12.1. The highest BCUT2D eigenvalue weighted by atomic mass is 32.1. The maximum Gasteiger partial charge on any atom is 0.416 e. The van der Waals surface area contributed by atoms with Gasteiger partial charge < -0.3 is 4.42 Å². The molecule has 7 heteroatoms. The third-order valence-electron chi connectivity index (χ3n) is 3.79. The van der Waals surface area contributed by atoms with E-state index in [4.69, 9.17) is 4.42 Å². The largest absolute Gasteiger partial charge is 0.441 e. The van der Waals surface area contributed by atoms with Crippen LogP contribution in [0.1, 0.15) is 22.6 Å². The van der Waals surface area contributed by atoms with Gasteiger partial charge in [-0.2, -0.15) is 24.5 Å². The zero-order valence-corrected chi connectivity index (χ0v) is 14.6. The Hall–Kier alpha value is -2.12. The van der Waals surface area contributed by atoms with Gasteiger partial charge in [-0.15, -0.1) is 0 Å². The van der Waals surface area contributed by atoms with Gasteiger partial charge in [0.1, 0.15) is 5.76 Å². The number of alkyl halides is 3. The van der Waals surface area contributed by atoms with Crippen molar-refractivity contribution in [2.75, 3.05) is 7.05 Å². The highest BCUT2D eigenvalue weighted by Gasteiger charge is 2.30. The van der Waals surface area contributed by atoms with Crippen LogP contribution in [0.2, 0.25) is 0 Å². The van der Waals surface area contributed by atoms with Crippen molar-refractivity contribution in [1.29, 1.82) is 0 Å². The Bertz CT molecular complexity index is 840. The minimum Gasteiger partial charge on any atom is -0.441 e. The van der Waals surface area contributed by atoms with E-state index >= 15 is 0 Å². The number of oxazole rings is 1. The van der Waals surface area contributed by atoms with Gasteiger partial charge in [0, 0.05) is 24.0 Å². The predicted molar refractivity (Wildman–Crippen MR) is 91.2 cm³/mol. The average Bonchev–Trinajstić information content (AvgIpc) is 3.17. The molecule has 2 heterocycles. The summed E-state index contributed by atoms with van der Waals surface area (Å²) in [6, 6.07) is 7.33. The van der Waals surface area contributed by atoms with Crippen LogP contribution in [0.4, 0.5) is 13.2 Å². The van der Waals surface area contributed by atoms with Gasteiger partial charge in [-0.1, -0.05) is 18.2 Å².